The Hall–Kier alpha value is -0.130. The van der Waals surface area contributed by atoms with Gasteiger partial charge in [0.2, 0.25) is 10.0 Å². The highest BCUT2D eigenvalue weighted by atomic mass is 32.2. The summed E-state index contributed by atoms with van der Waals surface area (Å²) in [6.07, 6.45) is 7.00. The predicted octanol–water partition coefficient (Wildman–Crippen LogP) is 2.07. The van der Waals surface area contributed by atoms with Gasteiger partial charge in [-0.15, -0.1) is 0 Å². The Morgan fingerprint density at radius 3 is 2.63 bits per heavy atom. The lowest BCUT2D eigenvalue weighted by atomic mass is 9.86. The van der Waals surface area contributed by atoms with Gasteiger partial charge in [-0.1, -0.05) is 20.3 Å². The van der Waals surface area contributed by atoms with Crippen molar-refractivity contribution in [2.75, 3.05) is 26.4 Å². The van der Waals surface area contributed by atoms with Crippen LogP contribution >= 0.6 is 0 Å². The summed E-state index contributed by atoms with van der Waals surface area (Å²) in [5.74, 6) is 1.16. The maximum Gasteiger partial charge on any atom is 0.211 e. The van der Waals surface area contributed by atoms with Gasteiger partial charge in [-0.25, -0.2) is 12.7 Å². The van der Waals surface area contributed by atoms with Gasteiger partial charge >= 0.3 is 0 Å². The van der Waals surface area contributed by atoms with Crippen LogP contribution in [0.1, 0.15) is 46.0 Å². The molecule has 0 bridgehead atoms. The summed E-state index contributed by atoms with van der Waals surface area (Å²) in [5, 5.41) is 3.42. The fraction of sp³-hybridized carbons (Fsp3) is 1.00. The highest BCUT2D eigenvalue weighted by molar-refractivity contribution is 7.88. The summed E-state index contributed by atoms with van der Waals surface area (Å²) in [6, 6.07) is 0.504. The predicted molar refractivity (Wildman–Crippen MR) is 80.7 cm³/mol. The van der Waals surface area contributed by atoms with Crippen molar-refractivity contribution in [2.45, 2.75) is 52.0 Å². The molecule has 3 atom stereocenters. The first-order valence-corrected chi connectivity index (χ1v) is 9.35. The van der Waals surface area contributed by atoms with Gasteiger partial charge in [-0.05, 0) is 44.6 Å². The van der Waals surface area contributed by atoms with Crippen molar-refractivity contribution in [3.63, 3.8) is 0 Å². The van der Waals surface area contributed by atoms with Gasteiger partial charge in [-0.3, -0.25) is 0 Å². The molecule has 3 unspecified atom stereocenters. The smallest absolute Gasteiger partial charge is 0.211 e. The first kappa shape index (κ1) is 16.9. The third-order valence-corrected chi connectivity index (χ3v) is 5.61. The molecule has 0 spiro atoms. The Kier molecular flexibility index (Phi) is 6.77. The third-order valence-electron chi connectivity index (χ3n) is 4.34. The molecule has 0 amide bonds. The monoisotopic (exact) mass is 290 g/mol. The summed E-state index contributed by atoms with van der Waals surface area (Å²) in [6.45, 7) is 5.91. The lowest BCUT2D eigenvalue weighted by Crippen LogP contribution is -2.42. The maximum absolute atomic E-state index is 11.6. The quantitative estimate of drug-likeness (QED) is 0.781. The molecule has 1 heterocycles. The molecule has 4 nitrogen and oxygen atoms in total. The SMILES string of the molecule is CCCC(C)C(CC1CCCN(S(C)(=O)=O)C1)NC. The van der Waals surface area contributed by atoms with E-state index in [2.05, 4.69) is 19.2 Å². The number of sulfonamides is 1. The minimum Gasteiger partial charge on any atom is -0.317 e. The van der Waals surface area contributed by atoms with Crippen LogP contribution < -0.4 is 5.32 Å². The van der Waals surface area contributed by atoms with Gasteiger partial charge in [-0.2, -0.15) is 0 Å². The summed E-state index contributed by atoms with van der Waals surface area (Å²) in [5.41, 5.74) is 0. The van der Waals surface area contributed by atoms with E-state index in [1.54, 1.807) is 4.31 Å². The minimum atomic E-state index is -3.02. The van der Waals surface area contributed by atoms with E-state index in [9.17, 15) is 8.42 Å². The summed E-state index contributed by atoms with van der Waals surface area (Å²) < 4.78 is 24.9. The normalized spacial score (nSPS) is 25.2. The Morgan fingerprint density at radius 2 is 2.11 bits per heavy atom. The van der Waals surface area contributed by atoms with E-state index in [0.29, 0.717) is 31.0 Å². The minimum absolute atomic E-state index is 0.500. The molecule has 0 aromatic carbocycles. The van der Waals surface area contributed by atoms with Crippen LogP contribution in [0.3, 0.4) is 0 Å². The number of hydrogen-bond donors (Lipinski definition) is 1. The second-order valence-corrected chi connectivity index (χ2v) is 8.01. The molecule has 5 heteroatoms. The van der Waals surface area contributed by atoms with E-state index in [0.717, 1.165) is 19.3 Å². The highest BCUT2D eigenvalue weighted by Gasteiger charge is 2.28. The standard InChI is InChI=1S/C14H30N2O2S/c1-5-7-12(2)14(15-3)10-13-8-6-9-16(11-13)19(4,17)18/h12-15H,5-11H2,1-4H3. The van der Waals surface area contributed by atoms with Gasteiger partial charge in [0.25, 0.3) is 0 Å². The van der Waals surface area contributed by atoms with Gasteiger partial charge in [0.05, 0.1) is 6.26 Å². The summed E-state index contributed by atoms with van der Waals surface area (Å²) >= 11 is 0. The first-order valence-electron chi connectivity index (χ1n) is 7.50. The van der Waals surface area contributed by atoms with E-state index in [1.807, 2.05) is 7.05 Å². The molecule has 114 valence electrons. The second kappa shape index (κ2) is 7.60. The van der Waals surface area contributed by atoms with Crippen molar-refractivity contribution >= 4 is 10.0 Å². The van der Waals surface area contributed by atoms with Crippen molar-refractivity contribution in [3.8, 4) is 0 Å². The molecule has 1 N–H and O–H groups in total. The van der Waals surface area contributed by atoms with E-state index >= 15 is 0 Å². The Labute approximate surface area is 119 Å². The van der Waals surface area contributed by atoms with E-state index in [4.69, 9.17) is 0 Å². The maximum atomic E-state index is 11.6. The van der Waals surface area contributed by atoms with Gasteiger partial charge in [0.1, 0.15) is 0 Å². The Balaban J connectivity index is 2.55. The van der Waals surface area contributed by atoms with Crippen molar-refractivity contribution < 1.29 is 8.42 Å². The lowest BCUT2D eigenvalue weighted by molar-refractivity contribution is 0.218. The zero-order valence-electron chi connectivity index (χ0n) is 12.9. The molecule has 0 radical (unpaired) electrons. The molecule has 1 aliphatic heterocycles. The first-order chi connectivity index (χ1) is 8.88. The molecule has 1 saturated heterocycles. The van der Waals surface area contributed by atoms with E-state index in [1.165, 1.54) is 19.1 Å². The van der Waals surface area contributed by atoms with Gasteiger partial charge in [0, 0.05) is 19.1 Å². The molecule has 1 aliphatic rings. The van der Waals surface area contributed by atoms with Crippen LogP contribution in [0.5, 0.6) is 0 Å². The zero-order valence-corrected chi connectivity index (χ0v) is 13.7. The second-order valence-electron chi connectivity index (χ2n) is 6.03. The number of hydrogen-bond acceptors (Lipinski definition) is 3. The van der Waals surface area contributed by atoms with Crippen molar-refractivity contribution in [3.05, 3.63) is 0 Å². The molecule has 1 rings (SSSR count). The third kappa shape index (κ3) is 5.40. The zero-order chi connectivity index (χ0) is 14.5. The van der Waals surface area contributed by atoms with Gasteiger partial charge < -0.3 is 5.32 Å². The van der Waals surface area contributed by atoms with Crippen LogP contribution in [0.25, 0.3) is 0 Å². The summed E-state index contributed by atoms with van der Waals surface area (Å²) in [7, 11) is -0.997. The Bertz CT molecular complexity index is 356. The van der Waals surface area contributed by atoms with Crippen LogP contribution in [0.4, 0.5) is 0 Å². The Morgan fingerprint density at radius 1 is 1.42 bits per heavy atom. The highest BCUT2D eigenvalue weighted by Crippen LogP contribution is 2.25. The fourth-order valence-corrected chi connectivity index (χ4v) is 4.11. The van der Waals surface area contributed by atoms with Crippen LogP contribution in [0, 0.1) is 11.8 Å². The lowest BCUT2D eigenvalue weighted by Gasteiger charge is -2.34. The number of nitrogens with zero attached hydrogens (tertiary/aromatic N) is 1. The van der Waals surface area contributed by atoms with E-state index in [-0.39, 0.29) is 0 Å². The van der Waals surface area contributed by atoms with Crippen LogP contribution in [0.2, 0.25) is 0 Å². The molecule has 1 fully saturated rings. The molecule has 0 aliphatic carbocycles. The fourth-order valence-electron chi connectivity index (χ4n) is 3.17. The molecule has 0 saturated carbocycles. The van der Waals surface area contributed by atoms with Gasteiger partial charge in [0.15, 0.2) is 0 Å². The largest absolute Gasteiger partial charge is 0.317 e. The number of piperidine rings is 1. The van der Waals surface area contributed by atoms with E-state index < -0.39 is 10.0 Å². The number of rotatable bonds is 7. The van der Waals surface area contributed by atoms with Crippen LogP contribution in [-0.4, -0.2) is 45.2 Å². The van der Waals surface area contributed by atoms with Crippen LogP contribution in [0.15, 0.2) is 0 Å². The molecule has 0 aromatic heterocycles. The van der Waals surface area contributed by atoms with Crippen molar-refractivity contribution in [1.82, 2.24) is 9.62 Å². The topological polar surface area (TPSA) is 49.4 Å². The average Bonchev–Trinajstić information content (AvgIpc) is 2.35. The van der Waals surface area contributed by atoms with Crippen LogP contribution in [-0.2, 0) is 10.0 Å². The number of nitrogens with one attached hydrogen (secondary N) is 1. The molecule has 19 heavy (non-hydrogen) atoms. The van der Waals surface area contributed by atoms with Crippen molar-refractivity contribution in [1.29, 1.82) is 0 Å². The van der Waals surface area contributed by atoms with Crippen molar-refractivity contribution in [2.24, 2.45) is 11.8 Å². The summed E-state index contributed by atoms with van der Waals surface area (Å²) in [4.78, 5) is 0. The molecular formula is C14H30N2O2S. The molecular weight excluding hydrogens is 260 g/mol. The molecule has 0 aromatic rings. The average molecular weight is 290 g/mol.